The maximum absolute atomic E-state index is 6.37. The highest BCUT2D eigenvalue weighted by Gasteiger charge is 2.52. The van der Waals surface area contributed by atoms with Crippen molar-refractivity contribution in [2.75, 3.05) is 5.32 Å². The van der Waals surface area contributed by atoms with Crippen LogP contribution >= 0.6 is 12.2 Å². The van der Waals surface area contributed by atoms with Crippen LogP contribution in [0.5, 0.6) is 0 Å². The van der Waals surface area contributed by atoms with Crippen molar-refractivity contribution in [3.63, 3.8) is 0 Å². The second-order valence-corrected chi connectivity index (χ2v) is 6.33. The number of rotatable bonds is 2. The lowest BCUT2D eigenvalue weighted by molar-refractivity contribution is 0.394. The molecule has 0 spiro atoms. The Morgan fingerprint density at radius 3 is 2.17 bits per heavy atom. The summed E-state index contributed by atoms with van der Waals surface area (Å²) in [6, 6.07) is 8.49. The van der Waals surface area contributed by atoms with Crippen LogP contribution < -0.4 is 16.8 Å². The molecular formula is C14H19N3S. The number of hydrogen-bond acceptors (Lipinski definition) is 2. The van der Waals surface area contributed by atoms with Crippen molar-refractivity contribution in [1.82, 2.24) is 0 Å². The van der Waals surface area contributed by atoms with Crippen LogP contribution in [0.1, 0.15) is 37.7 Å². The van der Waals surface area contributed by atoms with Crippen molar-refractivity contribution < 1.29 is 0 Å². The predicted molar refractivity (Wildman–Crippen MR) is 78.5 cm³/mol. The normalized spacial score (nSPS) is 33.6. The van der Waals surface area contributed by atoms with Gasteiger partial charge in [-0.15, -0.1) is 0 Å². The molecule has 2 saturated carbocycles. The molecule has 0 radical (unpaired) electrons. The molecule has 0 aromatic heterocycles. The Labute approximate surface area is 113 Å². The van der Waals surface area contributed by atoms with Crippen molar-refractivity contribution in [3.8, 4) is 0 Å². The van der Waals surface area contributed by atoms with Gasteiger partial charge in [-0.1, -0.05) is 12.1 Å². The number of thiocarbonyl (C=S) groups is 1. The maximum Gasteiger partial charge on any atom is 0.168 e. The van der Waals surface area contributed by atoms with Gasteiger partial charge in [0.05, 0.1) is 0 Å². The zero-order valence-corrected chi connectivity index (χ0v) is 11.2. The average Bonchev–Trinajstić information content (AvgIpc) is 2.84. The highest BCUT2D eigenvalue weighted by molar-refractivity contribution is 7.80. The quantitative estimate of drug-likeness (QED) is 0.715. The molecule has 3 nitrogen and oxygen atoms in total. The summed E-state index contributed by atoms with van der Waals surface area (Å²) >= 11 is 4.83. The molecule has 0 amide bonds. The number of nitrogens with one attached hydrogen (secondary N) is 1. The SMILES string of the molecule is NC(=S)Nc1ccc(C23CCC(N)(CC2)C3)cc1. The van der Waals surface area contributed by atoms with Crippen LogP contribution in [0.25, 0.3) is 0 Å². The highest BCUT2D eigenvalue weighted by Crippen LogP contribution is 2.56. The van der Waals surface area contributed by atoms with E-state index < -0.39 is 0 Å². The minimum absolute atomic E-state index is 0.107. The van der Waals surface area contributed by atoms with Gasteiger partial charge in [0.25, 0.3) is 0 Å². The molecule has 2 bridgehead atoms. The maximum atomic E-state index is 6.37. The van der Waals surface area contributed by atoms with Crippen LogP contribution in [-0.4, -0.2) is 10.7 Å². The molecule has 1 aromatic carbocycles. The van der Waals surface area contributed by atoms with Gasteiger partial charge in [-0.2, -0.15) is 0 Å². The summed E-state index contributed by atoms with van der Waals surface area (Å²) in [6.07, 6.45) is 5.93. The van der Waals surface area contributed by atoms with E-state index in [4.69, 9.17) is 23.7 Å². The number of nitrogens with two attached hydrogens (primary N) is 2. The van der Waals surface area contributed by atoms with Crippen molar-refractivity contribution in [3.05, 3.63) is 29.8 Å². The van der Waals surface area contributed by atoms with Crippen molar-refractivity contribution in [1.29, 1.82) is 0 Å². The van der Waals surface area contributed by atoms with E-state index in [-0.39, 0.29) is 5.54 Å². The molecule has 96 valence electrons. The van der Waals surface area contributed by atoms with Gasteiger partial charge in [0.2, 0.25) is 0 Å². The highest BCUT2D eigenvalue weighted by atomic mass is 32.1. The molecule has 1 aromatic rings. The standard InChI is InChI=1S/C14H19N3S/c15-12(18)17-11-3-1-10(2-4-11)13-5-7-14(16,9-13)8-6-13/h1-4H,5-9,16H2,(H3,15,17,18). The molecule has 0 aliphatic heterocycles. The minimum atomic E-state index is 0.107. The third-order valence-corrected chi connectivity index (χ3v) is 4.76. The van der Waals surface area contributed by atoms with Gasteiger partial charge in [-0.3, -0.25) is 0 Å². The van der Waals surface area contributed by atoms with Gasteiger partial charge >= 0.3 is 0 Å². The van der Waals surface area contributed by atoms with Crippen molar-refractivity contribution in [2.24, 2.45) is 11.5 Å². The van der Waals surface area contributed by atoms with Crippen molar-refractivity contribution >= 4 is 23.0 Å². The first-order valence-electron chi connectivity index (χ1n) is 6.47. The van der Waals surface area contributed by atoms with E-state index >= 15 is 0 Å². The third-order valence-electron chi connectivity index (χ3n) is 4.66. The van der Waals surface area contributed by atoms with Gasteiger partial charge in [0, 0.05) is 11.2 Å². The summed E-state index contributed by atoms with van der Waals surface area (Å²) in [6.45, 7) is 0. The van der Waals surface area contributed by atoms with E-state index in [1.165, 1.54) is 31.2 Å². The van der Waals surface area contributed by atoms with Crippen molar-refractivity contribution in [2.45, 2.75) is 43.1 Å². The molecule has 18 heavy (non-hydrogen) atoms. The molecule has 0 saturated heterocycles. The summed E-state index contributed by atoms with van der Waals surface area (Å²) < 4.78 is 0. The number of fused-ring (bicyclic) bond motifs is 2. The van der Waals surface area contributed by atoms with Gasteiger partial charge in [0.15, 0.2) is 5.11 Å². The first kappa shape index (κ1) is 11.9. The Morgan fingerprint density at radius 2 is 1.72 bits per heavy atom. The first-order valence-corrected chi connectivity index (χ1v) is 6.88. The Hall–Kier alpha value is -1.13. The molecule has 0 atom stereocenters. The van der Waals surface area contributed by atoms with Gasteiger partial charge < -0.3 is 16.8 Å². The Morgan fingerprint density at radius 1 is 1.11 bits per heavy atom. The fraction of sp³-hybridized carbons (Fsp3) is 0.500. The van der Waals surface area contributed by atoms with E-state index in [2.05, 4.69) is 29.6 Å². The molecule has 2 aliphatic carbocycles. The summed E-state index contributed by atoms with van der Waals surface area (Å²) in [5.74, 6) is 0. The summed E-state index contributed by atoms with van der Waals surface area (Å²) in [5, 5.41) is 3.26. The zero-order valence-electron chi connectivity index (χ0n) is 10.4. The van der Waals surface area contributed by atoms with Gasteiger partial charge in [0.1, 0.15) is 0 Å². The van der Waals surface area contributed by atoms with Crippen LogP contribution in [0.3, 0.4) is 0 Å². The Bertz CT molecular complexity index is 472. The monoisotopic (exact) mass is 261 g/mol. The van der Waals surface area contributed by atoms with Gasteiger partial charge in [-0.05, 0) is 67.4 Å². The summed E-state index contributed by atoms with van der Waals surface area (Å²) in [4.78, 5) is 0. The van der Waals surface area contributed by atoms with Gasteiger partial charge in [-0.25, -0.2) is 0 Å². The molecule has 2 fully saturated rings. The lowest BCUT2D eigenvalue weighted by Gasteiger charge is -2.27. The lowest BCUT2D eigenvalue weighted by Crippen LogP contribution is -2.33. The van der Waals surface area contributed by atoms with Crippen LogP contribution in [0.15, 0.2) is 24.3 Å². The largest absolute Gasteiger partial charge is 0.376 e. The van der Waals surface area contributed by atoms with Crippen LogP contribution in [0, 0.1) is 0 Å². The number of anilines is 1. The van der Waals surface area contributed by atoms with E-state index in [0.717, 1.165) is 12.1 Å². The van der Waals surface area contributed by atoms with Crippen LogP contribution in [0.2, 0.25) is 0 Å². The number of hydrogen-bond donors (Lipinski definition) is 3. The zero-order chi connectivity index (χ0) is 12.8. The van der Waals surface area contributed by atoms with E-state index in [9.17, 15) is 0 Å². The van der Waals surface area contributed by atoms with E-state index in [1.54, 1.807) is 0 Å². The molecule has 2 aliphatic rings. The molecule has 5 N–H and O–H groups in total. The second-order valence-electron chi connectivity index (χ2n) is 5.89. The number of benzene rings is 1. The minimum Gasteiger partial charge on any atom is -0.376 e. The summed E-state index contributed by atoms with van der Waals surface area (Å²) in [5.41, 5.74) is 14.6. The first-order chi connectivity index (χ1) is 8.51. The van der Waals surface area contributed by atoms with E-state index in [1.807, 2.05) is 0 Å². The lowest BCUT2D eigenvalue weighted by atomic mass is 9.78. The molecular weight excluding hydrogens is 242 g/mol. The van der Waals surface area contributed by atoms with Crippen LogP contribution in [0.4, 0.5) is 5.69 Å². The Balaban J connectivity index is 1.83. The third kappa shape index (κ3) is 1.89. The fourth-order valence-corrected chi connectivity index (χ4v) is 3.81. The fourth-order valence-electron chi connectivity index (χ4n) is 3.69. The Kier molecular flexibility index (Phi) is 2.61. The van der Waals surface area contributed by atoms with E-state index in [0.29, 0.717) is 10.5 Å². The van der Waals surface area contributed by atoms with Crippen LogP contribution in [-0.2, 0) is 5.41 Å². The molecule has 0 unspecified atom stereocenters. The molecule has 3 rings (SSSR count). The summed E-state index contributed by atoms with van der Waals surface area (Å²) in [7, 11) is 0. The topological polar surface area (TPSA) is 64.1 Å². The smallest absolute Gasteiger partial charge is 0.168 e. The molecule has 4 heteroatoms. The second kappa shape index (κ2) is 3.93. The molecule has 0 heterocycles. The predicted octanol–water partition coefficient (Wildman–Crippen LogP) is 2.26. The average molecular weight is 261 g/mol.